The van der Waals surface area contributed by atoms with E-state index in [0.717, 1.165) is 57.8 Å². The molecule has 380 valence electrons. The maximum atomic E-state index is 12.8. The lowest BCUT2D eigenvalue weighted by atomic mass is 10.0. The molecule has 0 saturated heterocycles. The minimum absolute atomic E-state index is 0.0611. The van der Waals surface area contributed by atoms with Crippen molar-refractivity contribution in [2.75, 3.05) is 13.2 Å². The largest absolute Gasteiger partial charge is 0.462 e. The van der Waals surface area contributed by atoms with Crippen LogP contribution < -0.4 is 0 Å². The summed E-state index contributed by atoms with van der Waals surface area (Å²) in [6.07, 6.45) is 59.5. The van der Waals surface area contributed by atoms with E-state index in [9.17, 15) is 14.4 Å². The average Bonchev–Trinajstić information content (AvgIpc) is 3.29. The molecule has 0 saturated carbocycles. The summed E-state index contributed by atoms with van der Waals surface area (Å²) in [5.41, 5.74) is 0. The van der Waals surface area contributed by atoms with Gasteiger partial charge in [-0.3, -0.25) is 14.4 Å². The second kappa shape index (κ2) is 54.0. The van der Waals surface area contributed by atoms with Crippen molar-refractivity contribution < 1.29 is 28.6 Å². The molecular formula is C58H112O6. The maximum absolute atomic E-state index is 12.8. The van der Waals surface area contributed by atoms with Gasteiger partial charge < -0.3 is 14.2 Å². The van der Waals surface area contributed by atoms with Crippen LogP contribution in [0.3, 0.4) is 0 Å². The van der Waals surface area contributed by atoms with Gasteiger partial charge in [-0.2, -0.15) is 0 Å². The van der Waals surface area contributed by atoms with Crippen LogP contribution in [0.5, 0.6) is 0 Å². The van der Waals surface area contributed by atoms with E-state index in [-0.39, 0.29) is 31.1 Å². The van der Waals surface area contributed by atoms with Gasteiger partial charge in [0.05, 0.1) is 0 Å². The first-order valence-electron chi connectivity index (χ1n) is 29.0. The van der Waals surface area contributed by atoms with Crippen molar-refractivity contribution in [3.8, 4) is 0 Å². The predicted octanol–water partition coefficient (Wildman–Crippen LogP) is 19.2. The third-order valence-electron chi connectivity index (χ3n) is 13.4. The normalized spacial score (nSPS) is 11.9. The highest BCUT2D eigenvalue weighted by Crippen LogP contribution is 2.18. The van der Waals surface area contributed by atoms with E-state index in [0.29, 0.717) is 19.3 Å². The summed E-state index contributed by atoms with van der Waals surface area (Å²) in [6, 6.07) is 0. The third kappa shape index (κ3) is 51.4. The molecule has 0 aliphatic heterocycles. The number of esters is 3. The van der Waals surface area contributed by atoms with Gasteiger partial charge in [-0.1, -0.05) is 297 Å². The van der Waals surface area contributed by atoms with Gasteiger partial charge in [-0.05, 0) is 19.3 Å². The zero-order chi connectivity index (χ0) is 46.5. The zero-order valence-electron chi connectivity index (χ0n) is 43.6. The fourth-order valence-electron chi connectivity index (χ4n) is 8.98. The highest BCUT2D eigenvalue weighted by molar-refractivity contribution is 5.71. The predicted molar refractivity (Wildman–Crippen MR) is 275 cm³/mol. The number of hydrogen-bond acceptors (Lipinski definition) is 6. The molecule has 64 heavy (non-hydrogen) atoms. The number of carbonyl (C=O) groups excluding carboxylic acids is 3. The van der Waals surface area contributed by atoms with Crippen molar-refractivity contribution in [2.45, 2.75) is 341 Å². The van der Waals surface area contributed by atoms with Crippen molar-refractivity contribution in [1.29, 1.82) is 0 Å². The highest BCUT2D eigenvalue weighted by Gasteiger charge is 2.19. The van der Waals surface area contributed by atoms with Crippen LogP contribution in [0.4, 0.5) is 0 Å². The lowest BCUT2D eigenvalue weighted by Crippen LogP contribution is -2.30. The van der Waals surface area contributed by atoms with Gasteiger partial charge >= 0.3 is 17.9 Å². The molecule has 0 N–H and O–H groups in total. The van der Waals surface area contributed by atoms with E-state index in [1.807, 2.05) is 0 Å². The molecule has 1 atom stereocenters. The summed E-state index contributed by atoms with van der Waals surface area (Å²) in [5, 5.41) is 0. The second-order valence-electron chi connectivity index (χ2n) is 19.9. The lowest BCUT2D eigenvalue weighted by Gasteiger charge is -2.18. The van der Waals surface area contributed by atoms with Crippen LogP contribution in [0, 0.1) is 0 Å². The number of rotatable bonds is 54. The van der Waals surface area contributed by atoms with Gasteiger partial charge in [0.2, 0.25) is 0 Å². The Balaban J connectivity index is 4.25. The summed E-state index contributed by atoms with van der Waals surface area (Å²) in [5.74, 6) is -0.833. The van der Waals surface area contributed by atoms with Gasteiger partial charge in [0, 0.05) is 19.3 Å². The smallest absolute Gasteiger partial charge is 0.306 e. The monoisotopic (exact) mass is 905 g/mol. The first-order valence-corrected chi connectivity index (χ1v) is 29.0. The van der Waals surface area contributed by atoms with Gasteiger partial charge in [-0.25, -0.2) is 0 Å². The third-order valence-corrected chi connectivity index (χ3v) is 13.4. The quantitative estimate of drug-likeness (QED) is 0.0344. The van der Waals surface area contributed by atoms with Crippen LogP contribution in [-0.4, -0.2) is 37.2 Å². The number of unbranched alkanes of at least 4 members (excludes halogenated alkanes) is 43. The lowest BCUT2D eigenvalue weighted by molar-refractivity contribution is -0.167. The molecule has 0 aromatic rings. The summed E-state index contributed by atoms with van der Waals surface area (Å²) in [7, 11) is 0. The van der Waals surface area contributed by atoms with E-state index in [2.05, 4.69) is 20.8 Å². The maximum Gasteiger partial charge on any atom is 0.306 e. The zero-order valence-corrected chi connectivity index (χ0v) is 43.6. The van der Waals surface area contributed by atoms with Crippen LogP contribution in [-0.2, 0) is 28.6 Å². The van der Waals surface area contributed by atoms with Gasteiger partial charge in [0.15, 0.2) is 6.10 Å². The summed E-state index contributed by atoms with van der Waals surface area (Å²) in [4.78, 5) is 38.1. The molecule has 0 heterocycles. The van der Waals surface area contributed by atoms with Crippen molar-refractivity contribution in [3.05, 3.63) is 0 Å². The van der Waals surface area contributed by atoms with Crippen LogP contribution in [0.25, 0.3) is 0 Å². The number of carbonyl (C=O) groups is 3. The van der Waals surface area contributed by atoms with E-state index in [1.165, 1.54) is 238 Å². The Morgan fingerprint density at radius 1 is 0.250 bits per heavy atom. The molecule has 0 fully saturated rings. The van der Waals surface area contributed by atoms with E-state index < -0.39 is 6.10 Å². The van der Waals surface area contributed by atoms with E-state index in [4.69, 9.17) is 14.2 Å². The average molecular weight is 906 g/mol. The molecule has 0 amide bonds. The molecule has 0 radical (unpaired) electrons. The van der Waals surface area contributed by atoms with E-state index >= 15 is 0 Å². The Kier molecular flexibility index (Phi) is 52.7. The molecule has 6 nitrogen and oxygen atoms in total. The molecule has 0 bridgehead atoms. The molecule has 0 rings (SSSR count). The SMILES string of the molecule is CCCCCCCCCCCCCCCCCCCCC(=O)OC[C@H](COC(=O)CCCCCCCCCCCCC)OC(=O)CCCCCCCCCCCCCCCCCCC. The van der Waals surface area contributed by atoms with Crippen LogP contribution in [0.15, 0.2) is 0 Å². The van der Waals surface area contributed by atoms with Crippen molar-refractivity contribution in [2.24, 2.45) is 0 Å². The van der Waals surface area contributed by atoms with Crippen LogP contribution in [0.2, 0.25) is 0 Å². The van der Waals surface area contributed by atoms with Crippen LogP contribution in [0.1, 0.15) is 335 Å². The first kappa shape index (κ1) is 62.4. The minimum atomic E-state index is -0.760. The molecular weight excluding hydrogens is 793 g/mol. The van der Waals surface area contributed by atoms with E-state index in [1.54, 1.807) is 0 Å². The standard InChI is InChI=1S/C58H112O6/c1-4-7-10-13-16-19-22-24-26-28-30-31-33-36-39-42-45-48-51-57(60)63-54-55(53-62-56(59)50-47-44-41-38-35-21-18-15-12-9-6-3)64-58(61)52-49-46-43-40-37-34-32-29-27-25-23-20-17-14-11-8-5-2/h55H,4-54H2,1-3H3/t55-/m0/s1. The Labute approximate surface area is 399 Å². The fraction of sp³-hybridized carbons (Fsp3) is 0.948. The number of ether oxygens (including phenoxy) is 3. The highest BCUT2D eigenvalue weighted by atomic mass is 16.6. The van der Waals surface area contributed by atoms with Gasteiger partial charge in [0.1, 0.15) is 13.2 Å². The molecule has 0 spiro atoms. The molecule has 0 aliphatic carbocycles. The summed E-state index contributed by atoms with van der Waals surface area (Å²) >= 11 is 0. The molecule has 0 unspecified atom stereocenters. The first-order chi connectivity index (χ1) is 31.5. The van der Waals surface area contributed by atoms with Gasteiger partial charge in [-0.15, -0.1) is 0 Å². The topological polar surface area (TPSA) is 78.9 Å². The summed E-state index contributed by atoms with van der Waals surface area (Å²) < 4.78 is 16.9. The molecule has 6 heteroatoms. The van der Waals surface area contributed by atoms with Crippen LogP contribution >= 0.6 is 0 Å². The van der Waals surface area contributed by atoms with Crippen molar-refractivity contribution in [3.63, 3.8) is 0 Å². The van der Waals surface area contributed by atoms with Crippen molar-refractivity contribution >= 4 is 17.9 Å². The second-order valence-corrected chi connectivity index (χ2v) is 19.9. The van der Waals surface area contributed by atoms with Crippen molar-refractivity contribution in [1.82, 2.24) is 0 Å². The number of hydrogen-bond donors (Lipinski definition) is 0. The molecule has 0 aliphatic rings. The molecule has 0 aromatic carbocycles. The Morgan fingerprint density at radius 3 is 0.625 bits per heavy atom. The fourth-order valence-corrected chi connectivity index (χ4v) is 8.98. The Morgan fingerprint density at radius 2 is 0.422 bits per heavy atom. The Hall–Kier alpha value is -1.59. The molecule has 0 aromatic heterocycles. The summed E-state index contributed by atoms with van der Waals surface area (Å²) in [6.45, 7) is 6.70. The van der Waals surface area contributed by atoms with Gasteiger partial charge in [0.25, 0.3) is 0 Å². The minimum Gasteiger partial charge on any atom is -0.462 e. The Bertz CT molecular complexity index is 951.